The van der Waals surface area contributed by atoms with Gasteiger partial charge in [-0.25, -0.2) is 4.98 Å². The van der Waals surface area contributed by atoms with Gasteiger partial charge < -0.3 is 20.1 Å². The molecule has 2 aliphatic rings. The van der Waals surface area contributed by atoms with E-state index in [2.05, 4.69) is 39.2 Å². The number of hydrazone groups is 1. The predicted molar refractivity (Wildman–Crippen MR) is 147 cm³/mol. The molecular formula is C27H41N7O3. The molecule has 1 aliphatic carbocycles. The number of ether oxygens (including phenoxy) is 2. The van der Waals surface area contributed by atoms with Crippen LogP contribution in [0.2, 0.25) is 0 Å². The van der Waals surface area contributed by atoms with Crippen molar-refractivity contribution in [2.75, 3.05) is 57.4 Å². The Morgan fingerprint density at radius 3 is 2.89 bits per heavy atom. The highest BCUT2D eigenvalue weighted by Crippen LogP contribution is 2.19. The molecule has 3 rings (SSSR count). The lowest BCUT2D eigenvalue weighted by Gasteiger charge is -2.23. The number of anilines is 1. The molecule has 0 unspecified atom stereocenters. The summed E-state index contributed by atoms with van der Waals surface area (Å²) in [6.45, 7) is 11.1. The van der Waals surface area contributed by atoms with Gasteiger partial charge in [-0.2, -0.15) is 10.1 Å². The van der Waals surface area contributed by atoms with Crippen LogP contribution in [0.25, 0.3) is 0 Å². The van der Waals surface area contributed by atoms with Crippen molar-refractivity contribution in [2.24, 2.45) is 10.8 Å². The maximum absolute atomic E-state index is 11.5. The summed E-state index contributed by atoms with van der Waals surface area (Å²) in [7, 11) is 0. The van der Waals surface area contributed by atoms with E-state index < -0.39 is 5.91 Å². The number of allylic oxidation sites excluding steroid dienone is 3. The highest BCUT2D eigenvalue weighted by molar-refractivity contribution is 5.95. The molecule has 10 nitrogen and oxygen atoms in total. The van der Waals surface area contributed by atoms with Gasteiger partial charge >= 0.3 is 0 Å². The lowest BCUT2D eigenvalue weighted by Crippen LogP contribution is -2.31. The van der Waals surface area contributed by atoms with Gasteiger partial charge in [0.1, 0.15) is 18.2 Å². The first-order chi connectivity index (χ1) is 18.1. The Hall–Kier alpha value is -3.24. The lowest BCUT2D eigenvalue weighted by atomic mass is 10.2. The van der Waals surface area contributed by atoms with E-state index in [4.69, 9.17) is 20.2 Å². The van der Waals surface area contributed by atoms with E-state index >= 15 is 0 Å². The maximum Gasteiger partial charge on any atom is 0.248 e. The van der Waals surface area contributed by atoms with E-state index in [1.165, 1.54) is 0 Å². The Kier molecular flexibility index (Phi) is 12.1. The number of hydrogen-bond acceptors (Lipinski definition) is 9. The number of nitrogens with one attached hydrogen (secondary N) is 1. The van der Waals surface area contributed by atoms with E-state index in [1.807, 2.05) is 18.2 Å². The van der Waals surface area contributed by atoms with Gasteiger partial charge in [0.2, 0.25) is 11.8 Å². The van der Waals surface area contributed by atoms with Gasteiger partial charge in [-0.15, -0.1) is 0 Å². The summed E-state index contributed by atoms with van der Waals surface area (Å²) in [5.41, 5.74) is 9.64. The van der Waals surface area contributed by atoms with Crippen LogP contribution >= 0.6 is 0 Å². The standard InChI is InChI=1S/C27H41N7O3/c1-3-12-34(13-4-2)25-21-26(37-19-16-33-14-7-17-36-18-15-33)31-24(30-25)10-11-29-32-23-9-6-5-8-22(20-23)27(28)35/h5-6,8,11,20-21,32H,3-4,7,9-10,12-19H2,1-2H3,(H2,28,35)/b29-11+. The normalized spacial score (nSPS) is 16.6. The van der Waals surface area contributed by atoms with Crippen molar-refractivity contribution in [3.63, 3.8) is 0 Å². The first-order valence-electron chi connectivity index (χ1n) is 13.3. The molecule has 0 aromatic carbocycles. The monoisotopic (exact) mass is 511 g/mol. The molecule has 1 aromatic heterocycles. The van der Waals surface area contributed by atoms with Gasteiger partial charge in [0.05, 0.1) is 6.61 Å². The molecule has 0 saturated carbocycles. The molecule has 1 fully saturated rings. The molecule has 1 aromatic rings. The highest BCUT2D eigenvalue weighted by atomic mass is 16.5. The van der Waals surface area contributed by atoms with Crippen molar-refractivity contribution in [1.82, 2.24) is 20.3 Å². The van der Waals surface area contributed by atoms with Crippen molar-refractivity contribution in [3.05, 3.63) is 47.5 Å². The highest BCUT2D eigenvalue weighted by Gasteiger charge is 2.13. The minimum absolute atomic E-state index is 0.434. The van der Waals surface area contributed by atoms with Crippen molar-refractivity contribution in [3.8, 4) is 5.88 Å². The zero-order valence-corrected chi connectivity index (χ0v) is 22.2. The zero-order chi connectivity index (χ0) is 26.3. The summed E-state index contributed by atoms with van der Waals surface area (Å²) in [6, 6.07) is 1.94. The molecule has 0 atom stereocenters. The largest absolute Gasteiger partial charge is 0.476 e. The lowest BCUT2D eigenvalue weighted by molar-refractivity contribution is -0.114. The first-order valence-corrected chi connectivity index (χ1v) is 13.3. The molecular weight excluding hydrogens is 470 g/mol. The summed E-state index contributed by atoms with van der Waals surface area (Å²) >= 11 is 0. The van der Waals surface area contributed by atoms with Crippen LogP contribution in [0, 0.1) is 0 Å². The number of rotatable bonds is 14. The van der Waals surface area contributed by atoms with Crippen LogP contribution in [-0.4, -0.2) is 79.5 Å². The zero-order valence-electron chi connectivity index (χ0n) is 22.2. The fourth-order valence-electron chi connectivity index (χ4n) is 4.12. The third-order valence-corrected chi connectivity index (χ3v) is 5.96. The number of hydrogen-bond donors (Lipinski definition) is 2. The minimum Gasteiger partial charge on any atom is -0.476 e. The van der Waals surface area contributed by atoms with Gasteiger partial charge in [0.15, 0.2) is 0 Å². The Labute approximate surface area is 220 Å². The van der Waals surface area contributed by atoms with Crippen LogP contribution in [0.3, 0.4) is 0 Å². The number of nitrogens with zero attached hydrogens (tertiary/aromatic N) is 5. The number of nitrogens with two attached hydrogens (primary N) is 1. The second kappa shape index (κ2) is 15.8. The molecule has 0 spiro atoms. The Morgan fingerprint density at radius 2 is 2.11 bits per heavy atom. The number of amides is 1. The van der Waals surface area contributed by atoms with Gasteiger partial charge in [0, 0.05) is 75.7 Å². The quantitative estimate of drug-likeness (QED) is 0.289. The van der Waals surface area contributed by atoms with Crippen LogP contribution in [0.15, 0.2) is 46.7 Å². The summed E-state index contributed by atoms with van der Waals surface area (Å²) < 4.78 is 11.6. The molecule has 10 heteroatoms. The van der Waals surface area contributed by atoms with Crippen molar-refractivity contribution in [2.45, 2.75) is 46.0 Å². The number of carbonyl (C=O) groups is 1. The summed E-state index contributed by atoms with van der Waals surface area (Å²) in [5.74, 6) is 1.63. The number of primary amides is 1. The van der Waals surface area contributed by atoms with Crippen molar-refractivity contribution >= 4 is 17.9 Å². The summed E-state index contributed by atoms with van der Waals surface area (Å²) in [6.07, 6.45) is 13.1. The molecule has 37 heavy (non-hydrogen) atoms. The Bertz CT molecular complexity index is 976. The van der Waals surface area contributed by atoms with Gasteiger partial charge in [-0.05, 0) is 31.4 Å². The second-order valence-corrected chi connectivity index (χ2v) is 9.04. The summed E-state index contributed by atoms with van der Waals surface area (Å²) in [4.78, 5) is 25.6. The molecule has 1 aliphatic heterocycles. The fourth-order valence-corrected chi connectivity index (χ4v) is 4.12. The third-order valence-electron chi connectivity index (χ3n) is 5.96. The number of carbonyl (C=O) groups excluding carboxylic acids is 1. The van der Waals surface area contributed by atoms with E-state index in [1.54, 1.807) is 18.4 Å². The molecule has 202 valence electrons. The van der Waals surface area contributed by atoms with Crippen LogP contribution in [-0.2, 0) is 16.0 Å². The predicted octanol–water partition coefficient (Wildman–Crippen LogP) is 2.58. The minimum atomic E-state index is -0.472. The van der Waals surface area contributed by atoms with Gasteiger partial charge in [0.25, 0.3) is 0 Å². The topological polar surface area (TPSA) is 118 Å². The number of aromatic nitrogens is 2. The maximum atomic E-state index is 11.5. The van der Waals surface area contributed by atoms with Gasteiger partial charge in [-0.1, -0.05) is 26.0 Å². The molecule has 2 heterocycles. The third kappa shape index (κ3) is 9.97. The summed E-state index contributed by atoms with van der Waals surface area (Å²) in [5, 5.41) is 4.33. The van der Waals surface area contributed by atoms with Crippen LogP contribution in [0.1, 0.15) is 45.4 Å². The van der Waals surface area contributed by atoms with Gasteiger partial charge in [-0.3, -0.25) is 15.1 Å². The SMILES string of the molecule is CCCN(CCC)c1cc(OCCN2CCCOCC2)nc(C/C=N/NC2=CC(C(N)=O)=CC=CC2)n1. The van der Waals surface area contributed by atoms with Crippen LogP contribution < -0.4 is 20.8 Å². The van der Waals surface area contributed by atoms with E-state index in [0.717, 1.165) is 76.7 Å². The first kappa shape index (κ1) is 28.3. The Morgan fingerprint density at radius 1 is 1.27 bits per heavy atom. The van der Waals surface area contributed by atoms with Crippen molar-refractivity contribution in [1.29, 1.82) is 0 Å². The van der Waals surface area contributed by atoms with Crippen LogP contribution in [0.5, 0.6) is 5.88 Å². The second-order valence-electron chi connectivity index (χ2n) is 9.04. The molecule has 0 bridgehead atoms. The fraction of sp³-hybridized carbons (Fsp3) is 0.556. The molecule has 1 saturated heterocycles. The van der Waals surface area contributed by atoms with E-state index in [-0.39, 0.29) is 0 Å². The average molecular weight is 512 g/mol. The molecule has 1 amide bonds. The van der Waals surface area contributed by atoms with Crippen LogP contribution in [0.4, 0.5) is 5.82 Å². The Balaban J connectivity index is 1.66. The van der Waals surface area contributed by atoms with E-state index in [9.17, 15) is 4.79 Å². The van der Waals surface area contributed by atoms with Crippen molar-refractivity contribution < 1.29 is 14.3 Å². The molecule has 0 radical (unpaired) electrons. The average Bonchev–Trinajstić information content (AvgIpc) is 3.30. The smallest absolute Gasteiger partial charge is 0.248 e. The molecule has 3 N–H and O–H groups in total. The van der Waals surface area contributed by atoms with E-state index in [0.29, 0.717) is 36.7 Å².